The lowest BCUT2D eigenvalue weighted by molar-refractivity contribution is -0.149. The fourth-order valence-corrected chi connectivity index (χ4v) is 4.22. The van der Waals surface area contributed by atoms with Gasteiger partial charge in [-0.3, -0.25) is 4.79 Å². The summed E-state index contributed by atoms with van der Waals surface area (Å²) < 4.78 is 10.7. The molecule has 7 heteroatoms. The molecule has 3 rings (SSSR count). The number of nitrogens with one attached hydrogen (secondary N) is 1. The van der Waals surface area contributed by atoms with Crippen LogP contribution in [0.25, 0.3) is 0 Å². The van der Waals surface area contributed by atoms with Crippen molar-refractivity contribution in [3.63, 3.8) is 0 Å². The second-order valence-corrected chi connectivity index (χ2v) is 7.43. The maximum Gasteiger partial charge on any atom is 0.317 e. The second-order valence-electron chi connectivity index (χ2n) is 7.43. The zero-order valence-electron chi connectivity index (χ0n) is 15.8. The number of carbonyl (C=O) groups excluding carboxylic acids is 1. The van der Waals surface area contributed by atoms with Crippen LogP contribution in [0.2, 0.25) is 0 Å². The Hall–Kier alpha value is -2.28. The molecule has 1 aromatic rings. The molecule has 1 aliphatic heterocycles. The molecule has 7 nitrogen and oxygen atoms in total. The van der Waals surface area contributed by atoms with Gasteiger partial charge in [0.05, 0.1) is 12.0 Å². The van der Waals surface area contributed by atoms with E-state index in [1.807, 2.05) is 24.3 Å². The van der Waals surface area contributed by atoms with Gasteiger partial charge >= 0.3 is 12.0 Å². The molecule has 27 heavy (non-hydrogen) atoms. The van der Waals surface area contributed by atoms with Crippen LogP contribution in [-0.4, -0.2) is 55.4 Å². The lowest BCUT2D eigenvalue weighted by Crippen LogP contribution is -2.41. The molecule has 1 saturated carbocycles. The van der Waals surface area contributed by atoms with E-state index in [0.717, 1.165) is 30.6 Å². The van der Waals surface area contributed by atoms with E-state index in [4.69, 9.17) is 9.47 Å². The van der Waals surface area contributed by atoms with Gasteiger partial charge in [0.15, 0.2) is 0 Å². The molecular weight excluding hydrogens is 348 g/mol. The first-order valence-electron chi connectivity index (χ1n) is 9.52. The molecule has 148 valence electrons. The number of rotatable bonds is 8. The van der Waals surface area contributed by atoms with E-state index < -0.39 is 11.4 Å². The number of carbonyl (C=O) groups is 2. The topological polar surface area (TPSA) is 88.1 Å². The van der Waals surface area contributed by atoms with Crippen LogP contribution in [0.1, 0.15) is 31.2 Å². The highest BCUT2D eigenvalue weighted by molar-refractivity contribution is 5.80. The van der Waals surface area contributed by atoms with Crippen molar-refractivity contribution in [1.29, 1.82) is 0 Å². The third kappa shape index (κ3) is 4.35. The van der Waals surface area contributed by atoms with E-state index in [9.17, 15) is 14.7 Å². The molecule has 1 heterocycles. The minimum atomic E-state index is -0.765. The highest BCUT2D eigenvalue weighted by Gasteiger charge is 2.55. The van der Waals surface area contributed by atoms with Crippen molar-refractivity contribution < 1.29 is 24.2 Å². The van der Waals surface area contributed by atoms with Gasteiger partial charge < -0.3 is 24.8 Å². The lowest BCUT2D eigenvalue weighted by Gasteiger charge is -2.23. The summed E-state index contributed by atoms with van der Waals surface area (Å²) in [5.41, 5.74) is 0.202. The number of likely N-dealkylation sites (tertiary alicyclic amines) is 1. The van der Waals surface area contributed by atoms with E-state index in [1.165, 1.54) is 0 Å². The Morgan fingerprint density at radius 3 is 2.96 bits per heavy atom. The molecule has 0 radical (unpaired) electrons. The Kier molecular flexibility index (Phi) is 6.21. The summed E-state index contributed by atoms with van der Waals surface area (Å²) in [7, 11) is 1.66. The highest BCUT2D eigenvalue weighted by Crippen LogP contribution is 2.48. The van der Waals surface area contributed by atoms with Crippen LogP contribution in [0.4, 0.5) is 4.79 Å². The summed E-state index contributed by atoms with van der Waals surface area (Å²) in [5, 5.41) is 12.5. The predicted molar refractivity (Wildman–Crippen MR) is 99.6 cm³/mol. The molecule has 0 unspecified atom stereocenters. The van der Waals surface area contributed by atoms with Crippen molar-refractivity contribution in [2.75, 3.05) is 33.4 Å². The maximum absolute atomic E-state index is 12.5. The summed E-state index contributed by atoms with van der Waals surface area (Å²) in [6, 6.07) is 7.42. The van der Waals surface area contributed by atoms with Gasteiger partial charge in [-0.25, -0.2) is 4.79 Å². The number of carboxylic acid groups (broad SMARTS) is 1. The van der Waals surface area contributed by atoms with Crippen molar-refractivity contribution in [2.24, 2.45) is 11.3 Å². The van der Waals surface area contributed by atoms with Crippen molar-refractivity contribution in [3.05, 3.63) is 29.8 Å². The molecular formula is C20H28N2O5. The number of hydrogen-bond acceptors (Lipinski definition) is 4. The summed E-state index contributed by atoms with van der Waals surface area (Å²) in [6.07, 6.45) is 3.31. The Balaban J connectivity index is 1.50. The third-order valence-corrected chi connectivity index (χ3v) is 5.69. The quantitative estimate of drug-likeness (QED) is 0.681. The number of carboxylic acids is 1. The number of ether oxygens (including phenoxy) is 2. The summed E-state index contributed by atoms with van der Waals surface area (Å²) in [5.74, 6) is 0.0709. The highest BCUT2D eigenvalue weighted by atomic mass is 16.5. The third-order valence-electron chi connectivity index (χ3n) is 5.69. The summed E-state index contributed by atoms with van der Waals surface area (Å²) in [6.45, 7) is 2.46. The molecule has 0 bridgehead atoms. The van der Waals surface area contributed by atoms with Crippen LogP contribution >= 0.6 is 0 Å². The number of aliphatic carboxylic acids is 1. The van der Waals surface area contributed by atoms with Crippen molar-refractivity contribution >= 4 is 12.0 Å². The van der Waals surface area contributed by atoms with E-state index in [-0.39, 0.29) is 11.9 Å². The number of nitrogens with zero attached hydrogens (tertiary/aromatic N) is 1. The first-order valence-corrected chi connectivity index (χ1v) is 9.52. The van der Waals surface area contributed by atoms with Gasteiger partial charge in [0.2, 0.25) is 0 Å². The standard InChI is InChI=1S/C20H28N2O5/c1-26-9-4-10-27-17-7-2-5-15(11-17)12-21-19(25)22-13-16-6-3-8-20(16,14-22)18(23)24/h2,5,7,11,16H,3-4,6,8-10,12-14H2,1H3,(H,21,25)(H,23,24)/t16-,20+/m0/s1. The van der Waals surface area contributed by atoms with E-state index in [1.54, 1.807) is 12.0 Å². The smallest absolute Gasteiger partial charge is 0.317 e. The Bertz CT molecular complexity index is 680. The predicted octanol–water partition coefficient (Wildman–Crippen LogP) is 2.50. The van der Waals surface area contributed by atoms with Crippen LogP contribution in [0.3, 0.4) is 0 Å². The fraction of sp³-hybridized carbons (Fsp3) is 0.600. The normalized spacial score (nSPS) is 23.9. The van der Waals surface area contributed by atoms with Gasteiger partial charge in [-0.1, -0.05) is 18.6 Å². The average molecular weight is 376 g/mol. The molecule has 1 aromatic carbocycles. The van der Waals surface area contributed by atoms with E-state index in [0.29, 0.717) is 39.3 Å². The zero-order valence-corrected chi connectivity index (χ0v) is 15.8. The van der Waals surface area contributed by atoms with Crippen molar-refractivity contribution in [2.45, 2.75) is 32.2 Å². The van der Waals surface area contributed by atoms with Crippen LogP contribution in [0, 0.1) is 11.3 Å². The van der Waals surface area contributed by atoms with E-state index >= 15 is 0 Å². The molecule has 1 saturated heterocycles. The SMILES string of the molecule is COCCCOc1cccc(CNC(=O)N2C[C@@H]3CCC[C@@]3(C(=O)O)C2)c1. The molecule has 2 amide bonds. The first-order chi connectivity index (χ1) is 13.0. The monoisotopic (exact) mass is 376 g/mol. The minimum absolute atomic E-state index is 0.0737. The number of benzene rings is 1. The number of fused-ring (bicyclic) bond motifs is 1. The number of amides is 2. The summed E-state index contributed by atoms with van der Waals surface area (Å²) >= 11 is 0. The molecule has 0 aromatic heterocycles. The molecule has 2 atom stereocenters. The molecule has 1 aliphatic carbocycles. The maximum atomic E-state index is 12.5. The van der Waals surface area contributed by atoms with Gasteiger partial charge in [-0.15, -0.1) is 0 Å². The number of methoxy groups -OCH3 is 1. The van der Waals surface area contributed by atoms with Gasteiger partial charge in [0.1, 0.15) is 5.75 Å². The summed E-state index contributed by atoms with van der Waals surface area (Å²) in [4.78, 5) is 25.9. The number of urea groups is 1. The van der Waals surface area contributed by atoms with Gasteiger partial charge in [0, 0.05) is 39.8 Å². The van der Waals surface area contributed by atoms with Crippen LogP contribution in [0.5, 0.6) is 5.75 Å². The van der Waals surface area contributed by atoms with Gasteiger partial charge in [-0.05, 0) is 36.5 Å². The average Bonchev–Trinajstić information content (AvgIpc) is 3.22. The molecule has 2 fully saturated rings. The Morgan fingerprint density at radius 1 is 1.37 bits per heavy atom. The molecule has 0 spiro atoms. The van der Waals surface area contributed by atoms with Crippen LogP contribution in [-0.2, 0) is 16.1 Å². The number of hydrogen-bond donors (Lipinski definition) is 2. The molecule has 2 N–H and O–H groups in total. The Labute approximate surface area is 159 Å². The second kappa shape index (κ2) is 8.61. The van der Waals surface area contributed by atoms with Gasteiger partial charge in [-0.2, -0.15) is 0 Å². The van der Waals surface area contributed by atoms with Crippen LogP contribution < -0.4 is 10.1 Å². The van der Waals surface area contributed by atoms with Crippen molar-refractivity contribution in [1.82, 2.24) is 10.2 Å². The lowest BCUT2D eigenvalue weighted by atomic mass is 9.81. The fourth-order valence-electron chi connectivity index (χ4n) is 4.22. The van der Waals surface area contributed by atoms with Crippen LogP contribution in [0.15, 0.2) is 24.3 Å². The minimum Gasteiger partial charge on any atom is -0.493 e. The Morgan fingerprint density at radius 2 is 2.22 bits per heavy atom. The first kappa shape index (κ1) is 19.5. The van der Waals surface area contributed by atoms with E-state index in [2.05, 4.69) is 5.32 Å². The molecule has 2 aliphatic rings. The van der Waals surface area contributed by atoms with Gasteiger partial charge in [0.25, 0.3) is 0 Å². The largest absolute Gasteiger partial charge is 0.493 e. The van der Waals surface area contributed by atoms with Crippen molar-refractivity contribution in [3.8, 4) is 5.75 Å². The zero-order chi connectivity index (χ0) is 19.3.